The van der Waals surface area contributed by atoms with E-state index in [1.807, 2.05) is 39.9 Å². The first kappa shape index (κ1) is 34.8. The molecule has 0 saturated carbocycles. The Morgan fingerprint density at radius 3 is 2.08 bits per heavy atom. The highest BCUT2D eigenvalue weighted by atomic mass is 32.2. The number of morpholine rings is 1. The molecule has 4 aromatic rings. The summed E-state index contributed by atoms with van der Waals surface area (Å²) in [5.74, 6) is 1.38. The van der Waals surface area contributed by atoms with E-state index in [2.05, 4.69) is 38.4 Å². The molecule has 270 valence electrons. The van der Waals surface area contributed by atoms with Crippen molar-refractivity contribution in [3.05, 3.63) is 71.9 Å². The van der Waals surface area contributed by atoms with Gasteiger partial charge in [-0.15, -0.1) is 5.10 Å². The van der Waals surface area contributed by atoms with Gasteiger partial charge in [0.2, 0.25) is 10.0 Å². The van der Waals surface area contributed by atoms with Gasteiger partial charge >= 0.3 is 6.03 Å². The highest BCUT2D eigenvalue weighted by molar-refractivity contribution is 7.88. The van der Waals surface area contributed by atoms with Crippen LogP contribution in [-0.2, 0) is 21.3 Å². The number of benzene rings is 2. The summed E-state index contributed by atoms with van der Waals surface area (Å²) in [6, 6.07) is 16.0. The first-order chi connectivity index (χ1) is 24.6. The molecule has 2 N–H and O–H groups in total. The Morgan fingerprint density at radius 2 is 1.45 bits per heavy atom. The Hall–Kier alpha value is -4.61. The zero-order chi connectivity index (χ0) is 35.5. The number of piperazine rings is 2. The average Bonchev–Trinajstić information content (AvgIpc) is 3.54. The molecule has 3 amide bonds. The molecule has 5 heterocycles. The van der Waals surface area contributed by atoms with Gasteiger partial charge in [0.15, 0.2) is 11.6 Å². The minimum absolute atomic E-state index is 0.00107. The number of ether oxygens (including phenoxy) is 1. The van der Waals surface area contributed by atoms with Crippen molar-refractivity contribution in [2.45, 2.75) is 6.54 Å². The number of hydrogen-bond acceptors (Lipinski definition) is 10. The molecule has 7 rings (SSSR count). The number of carbonyl (C=O) groups is 2. The second-order valence-electron chi connectivity index (χ2n) is 13.3. The molecule has 3 aliphatic rings. The van der Waals surface area contributed by atoms with Crippen molar-refractivity contribution in [2.75, 3.05) is 107 Å². The van der Waals surface area contributed by atoms with Crippen LogP contribution >= 0.6 is 0 Å². The van der Waals surface area contributed by atoms with Crippen LogP contribution in [0.15, 0.2) is 60.8 Å². The van der Waals surface area contributed by atoms with Crippen LogP contribution < -0.4 is 15.5 Å². The maximum Gasteiger partial charge on any atom is 0.323 e. The number of amides is 3. The van der Waals surface area contributed by atoms with Gasteiger partial charge in [0, 0.05) is 101 Å². The number of nitrogens with zero attached hydrogens (tertiary/aromatic N) is 8. The predicted molar refractivity (Wildman–Crippen MR) is 196 cm³/mol. The van der Waals surface area contributed by atoms with Crippen molar-refractivity contribution in [1.82, 2.24) is 33.6 Å². The molecule has 16 heteroatoms. The molecule has 3 fully saturated rings. The Kier molecular flexibility index (Phi) is 10.2. The summed E-state index contributed by atoms with van der Waals surface area (Å²) in [6.45, 7) is 8.75. The summed E-state index contributed by atoms with van der Waals surface area (Å²) in [7, 11) is -1.14. The van der Waals surface area contributed by atoms with E-state index >= 15 is 0 Å². The molecule has 0 aliphatic carbocycles. The van der Waals surface area contributed by atoms with Gasteiger partial charge < -0.3 is 30.1 Å². The van der Waals surface area contributed by atoms with Crippen molar-refractivity contribution >= 4 is 44.7 Å². The normalized spacial score (nSPS) is 18.2. The summed E-state index contributed by atoms with van der Waals surface area (Å²) in [6.07, 6.45) is 3.28. The van der Waals surface area contributed by atoms with E-state index < -0.39 is 16.1 Å². The topological polar surface area (TPSA) is 148 Å². The number of rotatable bonds is 8. The van der Waals surface area contributed by atoms with Crippen LogP contribution in [0, 0.1) is 0 Å². The van der Waals surface area contributed by atoms with Crippen molar-refractivity contribution in [2.24, 2.45) is 0 Å². The molecule has 3 saturated heterocycles. The van der Waals surface area contributed by atoms with E-state index in [1.165, 1.54) is 10.6 Å². The van der Waals surface area contributed by atoms with Gasteiger partial charge in [0.25, 0.3) is 5.91 Å². The Labute approximate surface area is 297 Å². The number of anilines is 3. The Morgan fingerprint density at radius 1 is 0.824 bits per heavy atom. The average molecular weight is 717 g/mol. The van der Waals surface area contributed by atoms with E-state index in [0.717, 1.165) is 35.6 Å². The number of carbonyl (C=O) groups excluding carboxylic acids is 2. The van der Waals surface area contributed by atoms with E-state index in [9.17, 15) is 18.0 Å². The third kappa shape index (κ3) is 8.31. The van der Waals surface area contributed by atoms with Gasteiger partial charge in [-0.25, -0.2) is 22.7 Å². The first-order valence-electron chi connectivity index (χ1n) is 17.2. The fourth-order valence-electron chi connectivity index (χ4n) is 6.62. The Bertz CT molecular complexity index is 1960. The molecule has 0 spiro atoms. The van der Waals surface area contributed by atoms with Gasteiger partial charge in [-0.05, 0) is 67.2 Å². The predicted octanol–water partition coefficient (Wildman–Crippen LogP) is 2.34. The summed E-state index contributed by atoms with van der Waals surface area (Å²) in [5.41, 5.74) is 4.55. The van der Waals surface area contributed by atoms with Gasteiger partial charge in [-0.3, -0.25) is 9.69 Å². The van der Waals surface area contributed by atoms with Crippen LogP contribution in [-0.4, -0.2) is 146 Å². The number of fused-ring (bicyclic) bond motifs is 1. The van der Waals surface area contributed by atoms with Gasteiger partial charge in [0.1, 0.15) is 5.52 Å². The highest BCUT2D eigenvalue weighted by Crippen LogP contribution is 2.27. The van der Waals surface area contributed by atoms with Crippen molar-refractivity contribution < 1.29 is 22.7 Å². The Balaban J connectivity index is 1.02. The molecule has 0 atom stereocenters. The van der Waals surface area contributed by atoms with Crippen molar-refractivity contribution in [1.29, 1.82) is 0 Å². The largest absolute Gasteiger partial charge is 0.378 e. The molecule has 15 nitrogen and oxygen atoms in total. The minimum atomic E-state index is -3.19. The fraction of sp³-hybridized carbons (Fsp3) is 0.429. The lowest BCUT2D eigenvalue weighted by Crippen LogP contribution is -2.47. The highest BCUT2D eigenvalue weighted by Gasteiger charge is 2.25. The molecule has 0 bridgehead atoms. The van der Waals surface area contributed by atoms with Crippen molar-refractivity contribution in [3.63, 3.8) is 0 Å². The SMILES string of the molecule is CN1CCN(C(=O)c2ccc(NC(=O)Nc3ccc(-c4nc(N5CCOCC5)c5cc(CN6CCN(S(C)(=O)=O)CC6)cn5n4)cc3)cc2)CC1. The molecule has 51 heavy (non-hydrogen) atoms. The van der Waals surface area contributed by atoms with Gasteiger partial charge in [-0.2, -0.15) is 4.31 Å². The number of aromatic nitrogens is 3. The summed E-state index contributed by atoms with van der Waals surface area (Å²) < 4.78 is 32.9. The number of urea groups is 1. The zero-order valence-corrected chi connectivity index (χ0v) is 29.8. The maximum atomic E-state index is 12.9. The summed E-state index contributed by atoms with van der Waals surface area (Å²) in [4.78, 5) is 39.2. The number of nitrogens with one attached hydrogen (secondary N) is 2. The molecule has 0 unspecified atom stereocenters. The smallest absolute Gasteiger partial charge is 0.323 e. The fourth-order valence-corrected chi connectivity index (χ4v) is 7.44. The second-order valence-corrected chi connectivity index (χ2v) is 15.3. The van der Waals surface area contributed by atoms with Crippen LogP contribution in [0.2, 0.25) is 0 Å². The van der Waals surface area contributed by atoms with Gasteiger partial charge in [-0.1, -0.05) is 0 Å². The third-order valence-corrected chi connectivity index (χ3v) is 10.9. The van der Waals surface area contributed by atoms with Gasteiger partial charge in [0.05, 0.1) is 19.5 Å². The standard InChI is InChI=1S/C35H44N10O5S/c1-40-11-15-43(16-12-40)34(46)28-5-9-30(10-6-28)37-35(47)36-29-7-3-27(4-8-29)32-38-33(42-19-21-50-22-20-42)31-23-26(25-45(31)39-32)24-41-13-17-44(18-14-41)51(2,48)49/h3-10,23,25H,11-22,24H2,1-2H3,(H2,36,37,47). The number of sulfonamides is 1. The van der Waals surface area contributed by atoms with Crippen LogP contribution in [0.3, 0.4) is 0 Å². The summed E-state index contributed by atoms with van der Waals surface area (Å²) >= 11 is 0. The molecular weight excluding hydrogens is 673 g/mol. The van der Waals surface area contributed by atoms with Crippen molar-refractivity contribution in [3.8, 4) is 11.4 Å². The monoisotopic (exact) mass is 716 g/mol. The van der Waals surface area contributed by atoms with Crippen LogP contribution in [0.4, 0.5) is 22.0 Å². The molecular formula is C35H44N10O5S. The van der Waals surface area contributed by atoms with E-state index in [1.54, 1.807) is 24.3 Å². The zero-order valence-electron chi connectivity index (χ0n) is 29.0. The maximum absolute atomic E-state index is 12.9. The lowest BCUT2D eigenvalue weighted by atomic mass is 10.1. The third-order valence-electron chi connectivity index (χ3n) is 9.60. The van der Waals surface area contributed by atoms with Crippen LogP contribution in [0.1, 0.15) is 15.9 Å². The summed E-state index contributed by atoms with van der Waals surface area (Å²) in [5, 5.41) is 10.6. The number of likely N-dealkylation sites (N-methyl/N-ethyl adjacent to an activating group) is 1. The quantitative estimate of drug-likeness (QED) is 0.279. The number of hydrogen-bond donors (Lipinski definition) is 2. The minimum Gasteiger partial charge on any atom is -0.378 e. The molecule has 2 aromatic heterocycles. The second kappa shape index (κ2) is 14.9. The molecule has 3 aliphatic heterocycles. The molecule has 2 aromatic carbocycles. The van der Waals surface area contributed by atoms with Crippen LogP contribution in [0.25, 0.3) is 16.9 Å². The van der Waals surface area contributed by atoms with E-state index in [0.29, 0.717) is 94.9 Å². The first-order valence-corrected chi connectivity index (χ1v) is 19.1. The van der Waals surface area contributed by atoms with E-state index in [-0.39, 0.29) is 5.91 Å². The van der Waals surface area contributed by atoms with E-state index in [4.69, 9.17) is 14.8 Å². The lowest BCUT2D eigenvalue weighted by Gasteiger charge is -2.32. The van der Waals surface area contributed by atoms with Crippen LogP contribution in [0.5, 0.6) is 0 Å². The molecule has 0 radical (unpaired) electrons. The lowest BCUT2D eigenvalue weighted by molar-refractivity contribution is 0.0664.